The molecule has 0 spiro atoms. The Morgan fingerprint density at radius 2 is 1.93 bits per heavy atom. The van der Waals surface area contributed by atoms with Crippen molar-refractivity contribution < 1.29 is 19.1 Å². The van der Waals surface area contributed by atoms with Crippen molar-refractivity contribution in [3.8, 4) is 0 Å². The summed E-state index contributed by atoms with van der Waals surface area (Å²) < 4.78 is 10.4. The molecule has 0 unspecified atom stereocenters. The van der Waals surface area contributed by atoms with E-state index in [4.69, 9.17) is 9.47 Å². The first-order chi connectivity index (χ1) is 14.6. The second-order valence-corrected chi connectivity index (χ2v) is 7.86. The summed E-state index contributed by atoms with van der Waals surface area (Å²) in [5.41, 5.74) is 1.74. The zero-order chi connectivity index (χ0) is 21.1. The minimum Gasteiger partial charge on any atom is -0.462 e. The van der Waals surface area contributed by atoms with Crippen LogP contribution in [0.25, 0.3) is 10.9 Å². The van der Waals surface area contributed by atoms with E-state index in [2.05, 4.69) is 20.2 Å². The fourth-order valence-electron chi connectivity index (χ4n) is 3.29. The number of morpholine rings is 1. The number of thiophene rings is 1. The van der Waals surface area contributed by atoms with Crippen LogP contribution < -0.4 is 10.2 Å². The fourth-order valence-corrected chi connectivity index (χ4v) is 4.06. The summed E-state index contributed by atoms with van der Waals surface area (Å²) in [7, 11) is 0. The van der Waals surface area contributed by atoms with Crippen molar-refractivity contribution in [2.75, 3.05) is 43.1 Å². The summed E-state index contributed by atoms with van der Waals surface area (Å²) in [5.74, 6) is 0.0763. The number of hydrogen-bond donors (Lipinski definition) is 1. The molecule has 9 heteroatoms. The molecular weight excluding hydrogens is 404 g/mol. The second-order valence-electron chi connectivity index (χ2n) is 6.77. The maximum Gasteiger partial charge on any atom is 0.338 e. The van der Waals surface area contributed by atoms with E-state index in [1.54, 1.807) is 42.5 Å². The number of nitrogens with zero attached hydrogens (tertiary/aromatic N) is 3. The number of esters is 1. The highest BCUT2D eigenvalue weighted by atomic mass is 32.1. The average molecular weight is 426 g/mol. The lowest BCUT2D eigenvalue weighted by Gasteiger charge is -2.28. The van der Waals surface area contributed by atoms with Gasteiger partial charge in [0.05, 0.1) is 36.3 Å². The minimum atomic E-state index is -0.404. The Hall–Kier alpha value is -3.04. The van der Waals surface area contributed by atoms with E-state index in [1.807, 2.05) is 12.3 Å². The molecule has 1 saturated heterocycles. The number of nitrogens with one attached hydrogen (secondary N) is 1. The molecule has 1 aliphatic heterocycles. The fraction of sp³-hybridized carbons (Fsp3) is 0.333. The van der Waals surface area contributed by atoms with E-state index < -0.39 is 11.9 Å². The van der Waals surface area contributed by atoms with Gasteiger partial charge in [0.15, 0.2) is 0 Å². The molecule has 1 amide bonds. The number of anilines is 2. The minimum absolute atomic E-state index is 0.108. The van der Waals surface area contributed by atoms with Gasteiger partial charge in [0.1, 0.15) is 5.82 Å². The van der Waals surface area contributed by atoms with Crippen molar-refractivity contribution in [3.05, 3.63) is 45.9 Å². The highest BCUT2D eigenvalue weighted by molar-refractivity contribution is 7.11. The van der Waals surface area contributed by atoms with Crippen LogP contribution in [0.5, 0.6) is 0 Å². The quantitative estimate of drug-likeness (QED) is 0.626. The third-order valence-electron chi connectivity index (χ3n) is 4.78. The van der Waals surface area contributed by atoms with E-state index >= 15 is 0 Å². The Bertz CT molecular complexity index is 1070. The molecule has 8 nitrogen and oxygen atoms in total. The maximum atomic E-state index is 12.9. The first-order valence-corrected chi connectivity index (χ1v) is 10.6. The van der Waals surface area contributed by atoms with Gasteiger partial charge in [-0.15, -0.1) is 11.3 Å². The van der Waals surface area contributed by atoms with Gasteiger partial charge in [-0.1, -0.05) is 0 Å². The Kier molecular flexibility index (Phi) is 5.91. The smallest absolute Gasteiger partial charge is 0.338 e. The summed E-state index contributed by atoms with van der Waals surface area (Å²) in [5, 5.41) is 5.73. The zero-order valence-corrected chi connectivity index (χ0v) is 17.6. The molecule has 3 aromatic rings. The third kappa shape index (κ3) is 4.12. The van der Waals surface area contributed by atoms with Crippen LogP contribution in [0.15, 0.2) is 29.6 Å². The molecular formula is C21H22N4O4S. The van der Waals surface area contributed by atoms with Crippen LogP contribution in [-0.4, -0.2) is 54.8 Å². The summed E-state index contributed by atoms with van der Waals surface area (Å²) in [6.45, 7) is 6.79. The van der Waals surface area contributed by atoms with Crippen LogP contribution in [0.2, 0.25) is 0 Å². The van der Waals surface area contributed by atoms with Gasteiger partial charge in [-0.05, 0) is 38.1 Å². The van der Waals surface area contributed by atoms with Crippen molar-refractivity contribution in [3.63, 3.8) is 0 Å². The van der Waals surface area contributed by atoms with E-state index in [-0.39, 0.29) is 5.82 Å². The van der Waals surface area contributed by atoms with Crippen LogP contribution in [0, 0.1) is 6.92 Å². The molecule has 1 N–H and O–H groups in total. The van der Waals surface area contributed by atoms with Gasteiger partial charge in [-0.3, -0.25) is 4.79 Å². The number of aromatic nitrogens is 2. The highest BCUT2D eigenvalue weighted by Crippen LogP contribution is 2.32. The summed E-state index contributed by atoms with van der Waals surface area (Å²) in [6.07, 6.45) is 0. The van der Waals surface area contributed by atoms with Gasteiger partial charge < -0.3 is 19.7 Å². The van der Waals surface area contributed by atoms with Crippen molar-refractivity contribution in [1.82, 2.24) is 9.97 Å². The predicted octanol–water partition coefficient (Wildman–Crippen LogP) is 3.27. The summed E-state index contributed by atoms with van der Waals surface area (Å²) >= 11 is 1.59. The van der Waals surface area contributed by atoms with Gasteiger partial charge in [-0.2, -0.15) is 0 Å². The normalized spacial score (nSPS) is 14.0. The van der Waals surface area contributed by atoms with Crippen molar-refractivity contribution >= 4 is 45.6 Å². The predicted molar refractivity (Wildman–Crippen MR) is 116 cm³/mol. The number of ether oxygens (including phenoxy) is 2. The number of carbonyl (C=O) groups is 2. The number of hydrogen-bond acceptors (Lipinski definition) is 8. The number of benzene rings is 1. The molecule has 30 heavy (non-hydrogen) atoms. The molecule has 2 aromatic heterocycles. The first-order valence-electron chi connectivity index (χ1n) is 9.74. The highest BCUT2D eigenvalue weighted by Gasteiger charge is 2.22. The Morgan fingerprint density at radius 1 is 1.20 bits per heavy atom. The molecule has 0 bridgehead atoms. The topological polar surface area (TPSA) is 93.6 Å². The maximum absolute atomic E-state index is 12.9. The van der Waals surface area contributed by atoms with Crippen LogP contribution >= 0.6 is 11.3 Å². The lowest BCUT2D eigenvalue weighted by molar-refractivity contribution is 0.0526. The molecule has 0 aliphatic carbocycles. The Labute approximate surface area is 177 Å². The number of rotatable bonds is 5. The largest absolute Gasteiger partial charge is 0.462 e. The second kappa shape index (κ2) is 8.76. The molecule has 0 saturated carbocycles. The van der Waals surface area contributed by atoms with Gasteiger partial charge >= 0.3 is 5.97 Å². The molecule has 156 valence electrons. The Balaban J connectivity index is 1.59. The van der Waals surface area contributed by atoms with E-state index in [0.29, 0.717) is 31.1 Å². The average Bonchev–Trinajstić information content (AvgIpc) is 3.15. The number of amides is 1. The molecule has 1 fully saturated rings. The number of aryl methyl sites for hydroxylation is 1. The van der Waals surface area contributed by atoms with Crippen LogP contribution in [-0.2, 0) is 9.47 Å². The molecule has 0 atom stereocenters. The van der Waals surface area contributed by atoms with Crippen molar-refractivity contribution in [2.24, 2.45) is 0 Å². The summed E-state index contributed by atoms with van der Waals surface area (Å²) in [6, 6.07) is 6.53. The lowest BCUT2D eigenvalue weighted by atomic mass is 10.2. The molecule has 3 heterocycles. The Morgan fingerprint density at radius 3 is 2.63 bits per heavy atom. The lowest BCUT2D eigenvalue weighted by Crippen LogP contribution is -2.37. The van der Waals surface area contributed by atoms with Gasteiger partial charge in [-0.25, -0.2) is 14.8 Å². The zero-order valence-electron chi connectivity index (χ0n) is 16.8. The number of carbonyl (C=O) groups excluding carboxylic acids is 2. The SMILES string of the molecule is CCOC(=O)c1ccc(NC(=O)c2nc(N3CCOCC3)c3c(C)scc3n2)cc1. The first kappa shape index (κ1) is 20.2. The molecule has 0 radical (unpaired) electrons. The number of fused-ring (bicyclic) bond motifs is 1. The van der Waals surface area contributed by atoms with Crippen LogP contribution in [0.1, 0.15) is 32.8 Å². The molecule has 4 rings (SSSR count). The molecule has 1 aliphatic rings. The standard InChI is InChI=1S/C21H22N4O4S/c1-3-29-21(27)14-4-6-15(7-5-14)22-20(26)18-23-16-12-30-13(2)17(16)19(24-18)25-8-10-28-11-9-25/h4-7,12H,3,8-11H2,1-2H3,(H,22,26). The van der Waals surface area contributed by atoms with Gasteiger partial charge in [0, 0.05) is 29.0 Å². The van der Waals surface area contributed by atoms with Gasteiger partial charge in [0.2, 0.25) is 5.82 Å². The monoisotopic (exact) mass is 426 g/mol. The van der Waals surface area contributed by atoms with Crippen LogP contribution in [0.3, 0.4) is 0 Å². The van der Waals surface area contributed by atoms with E-state index in [0.717, 1.165) is 34.7 Å². The van der Waals surface area contributed by atoms with E-state index in [1.165, 1.54) is 0 Å². The van der Waals surface area contributed by atoms with Gasteiger partial charge in [0.25, 0.3) is 5.91 Å². The third-order valence-corrected chi connectivity index (χ3v) is 5.68. The van der Waals surface area contributed by atoms with E-state index in [9.17, 15) is 9.59 Å². The van der Waals surface area contributed by atoms with Crippen molar-refractivity contribution in [2.45, 2.75) is 13.8 Å². The van der Waals surface area contributed by atoms with Crippen LogP contribution in [0.4, 0.5) is 11.5 Å². The molecule has 1 aromatic carbocycles. The van der Waals surface area contributed by atoms with Crippen molar-refractivity contribution in [1.29, 1.82) is 0 Å². The summed E-state index contributed by atoms with van der Waals surface area (Å²) in [4.78, 5) is 37.0.